The third-order valence-electron chi connectivity index (χ3n) is 4.80. The molecule has 0 aliphatic carbocycles. The van der Waals surface area contributed by atoms with Crippen molar-refractivity contribution in [1.29, 1.82) is 0 Å². The van der Waals surface area contributed by atoms with Crippen molar-refractivity contribution >= 4 is 11.8 Å². The van der Waals surface area contributed by atoms with Gasteiger partial charge < -0.3 is 19.0 Å². The zero-order valence-corrected chi connectivity index (χ0v) is 17.8. The van der Waals surface area contributed by atoms with Gasteiger partial charge in [0.25, 0.3) is 0 Å². The molecule has 0 atom stereocenters. The van der Waals surface area contributed by atoms with Crippen LogP contribution in [0, 0.1) is 5.82 Å². The number of unbranched alkanes of at least 4 members (excludes halogenated alkanes) is 2. The number of benzene rings is 1. The molecular weight excluding hydrogens is 387 g/mol. The zero-order chi connectivity index (χ0) is 21.8. The Bertz CT molecular complexity index is 762. The maximum atomic E-state index is 13.2. The largest absolute Gasteiger partial charge is 0.467 e. The van der Waals surface area contributed by atoms with Crippen LogP contribution < -0.4 is 0 Å². The molecule has 2 amide bonds. The van der Waals surface area contributed by atoms with Crippen LogP contribution in [0.4, 0.5) is 4.39 Å². The van der Waals surface area contributed by atoms with Crippen molar-refractivity contribution in [1.82, 2.24) is 9.80 Å². The molecule has 0 fully saturated rings. The molecule has 2 rings (SSSR count). The van der Waals surface area contributed by atoms with E-state index in [0.29, 0.717) is 31.9 Å². The molecule has 0 bridgehead atoms. The van der Waals surface area contributed by atoms with Gasteiger partial charge in [-0.1, -0.05) is 31.9 Å². The summed E-state index contributed by atoms with van der Waals surface area (Å²) < 4.78 is 23.8. The van der Waals surface area contributed by atoms with Crippen LogP contribution in [0.15, 0.2) is 47.1 Å². The molecule has 2 aromatic rings. The van der Waals surface area contributed by atoms with Crippen molar-refractivity contribution in [2.24, 2.45) is 0 Å². The zero-order valence-electron chi connectivity index (χ0n) is 17.8. The van der Waals surface area contributed by atoms with Gasteiger partial charge in [0.2, 0.25) is 11.8 Å². The van der Waals surface area contributed by atoms with E-state index in [0.717, 1.165) is 24.8 Å². The minimum Gasteiger partial charge on any atom is -0.467 e. The number of amides is 2. The number of halogens is 1. The first kappa shape index (κ1) is 23.6. The van der Waals surface area contributed by atoms with Crippen LogP contribution in [-0.4, -0.2) is 48.4 Å². The summed E-state index contributed by atoms with van der Waals surface area (Å²) in [6, 6.07) is 9.59. The van der Waals surface area contributed by atoms with Gasteiger partial charge in [-0.05, 0) is 36.2 Å². The van der Waals surface area contributed by atoms with Gasteiger partial charge in [0.1, 0.15) is 11.6 Å². The number of furan rings is 1. The average Bonchev–Trinajstić information content (AvgIpc) is 3.25. The molecule has 0 saturated heterocycles. The van der Waals surface area contributed by atoms with Crippen LogP contribution in [0.3, 0.4) is 0 Å². The average molecular weight is 419 g/mol. The van der Waals surface area contributed by atoms with Crippen LogP contribution in [-0.2, 0) is 27.4 Å². The van der Waals surface area contributed by atoms with E-state index in [2.05, 4.69) is 6.92 Å². The fraction of sp³-hybridized carbons (Fsp3) is 0.478. The Morgan fingerprint density at radius 1 is 1.03 bits per heavy atom. The number of methoxy groups -OCH3 is 1. The maximum Gasteiger partial charge on any atom is 0.242 e. The third-order valence-corrected chi connectivity index (χ3v) is 4.80. The number of rotatable bonds is 13. The van der Waals surface area contributed by atoms with Gasteiger partial charge in [-0.3, -0.25) is 9.59 Å². The predicted molar refractivity (Wildman–Crippen MR) is 112 cm³/mol. The number of hydrogen-bond donors (Lipinski definition) is 0. The van der Waals surface area contributed by atoms with Crippen LogP contribution >= 0.6 is 0 Å². The van der Waals surface area contributed by atoms with E-state index in [1.165, 1.54) is 12.1 Å². The summed E-state index contributed by atoms with van der Waals surface area (Å²) >= 11 is 0. The number of hydrogen-bond acceptors (Lipinski definition) is 4. The minimum absolute atomic E-state index is 0.0315. The standard InChI is InChI=1S/C23H31FN2O4/c1-3-4-5-8-22(27)25(13-15-29-2)18-23(28)26(17-21-7-6-14-30-21)16-19-9-11-20(24)12-10-19/h6-7,9-12,14H,3-5,8,13,15-18H2,1-2H3. The van der Waals surface area contributed by atoms with Crippen molar-refractivity contribution in [2.45, 2.75) is 45.7 Å². The van der Waals surface area contributed by atoms with E-state index in [-0.39, 0.29) is 30.7 Å². The summed E-state index contributed by atoms with van der Waals surface area (Å²) in [6.45, 7) is 3.34. The highest BCUT2D eigenvalue weighted by Crippen LogP contribution is 2.13. The monoisotopic (exact) mass is 418 g/mol. The Morgan fingerprint density at radius 2 is 1.80 bits per heavy atom. The fourth-order valence-corrected chi connectivity index (χ4v) is 3.07. The highest BCUT2D eigenvalue weighted by Gasteiger charge is 2.22. The number of carbonyl (C=O) groups is 2. The van der Waals surface area contributed by atoms with E-state index in [4.69, 9.17) is 9.15 Å². The second-order valence-corrected chi connectivity index (χ2v) is 7.22. The van der Waals surface area contributed by atoms with Crippen molar-refractivity contribution < 1.29 is 23.1 Å². The maximum absolute atomic E-state index is 13.2. The molecule has 164 valence electrons. The van der Waals surface area contributed by atoms with Crippen molar-refractivity contribution in [3.63, 3.8) is 0 Å². The lowest BCUT2D eigenvalue weighted by Gasteiger charge is -2.27. The second-order valence-electron chi connectivity index (χ2n) is 7.22. The quantitative estimate of drug-likeness (QED) is 0.461. The first-order chi connectivity index (χ1) is 14.5. The van der Waals surface area contributed by atoms with E-state index in [9.17, 15) is 14.0 Å². The smallest absolute Gasteiger partial charge is 0.242 e. The molecule has 0 aliphatic rings. The van der Waals surface area contributed by atoms with Gasteiger partial charge in [0, 0.05) is 26.6 Å². The van der Waals surface area contributed by atoms with Crippen molar-refractivity contribution in [2.75, 3.05) is 26.8 Å². The summed E-state index contributed by atoms with van der Waals surface area (Å²) in [5, 5.41) is 0. The van der Waals surface area contributed by atoms with Crippen LogP contribution in [0.2, 0.25) is 0 Å². The van der Waals surface area contributed by atoms with E-state index < -0.39 is 0 Å². The molecule has 30 heavy (non-hydrogen) atoms. The first-order valence-electron chi connectivity index (χ1n) is 10.3. The van der Waals surface area contributed by atoms with E-state index >= 15 is 0 Å². The van der Waals surface area contributed by atoms with Crippen molar-refractivity contribution in [3.8, 4) is 0 Å². The Balaban J connectivity index is 2.10. The van der Waals surface area contributed by atoms with E-state index in [1.807, 2.05) is 0 Å². The molecule has 0 N–H and O–H groups in total. The molecule has 0 spiro atoms. The molecule has 0 aliphatic heterocycles. The van der Waals surface area contributed by atoms with Gasteiger partial charge in [-0.25, -0.2) is 4.39 Å². The lowest BCUT2D eigenvalue weighted by atomic mass is 10.2. The Hall–Kier alpha value is -2.67. The minimum atomic E-state index is -0.328. The summed E-state index contributed by atoms with van der Waals surface area (Å²) in [4.78, 5) is 28.9. The molecule has 7 heteroatoms. The van der Waals surface area contributed by atoms with Gasteiger partial charge in [0.15, 0.2) is 0 Å². The normalized spacial score (nSPS) is 10.8. The van der Waals surface area contributed by atoms with Gasteiger partial charge >= 0.3 is 0 Å². The molecule has 1 aromatic heterocycles. The van der Waals surface area contributed by atoms with Crippen LogP contribution in [0.5, 0.6) is 0 Å². The molecule has 6 nitrogen and oxygen atoms in total. The number of carbonyl (C=O) groups excluding carboxylic acids is 2. The number of ether oxygens (including phenoxy) is 1. The van der Waals surface area contributed by atoms with Crippen LogP contribution in [0.25, 0.3) is 0 Å². The molecular formula is C23H31FN2O4. The summed E-state index contributed by atoms with van der Waals surface area (Å²) in [6.07, 6.45) is 4.78. The first-order valence-corrected chi connectivity index (χ1v) is 10.3. The summed E-state index contributed by atoms with van der Waals surface area (Å²) in [7, 11) is 1.57. The topological polar surface area (TPSA) is 63.0 Å². The van der Waals surface area contributed by atoms with Crippen molar-refractivity contribution in [3.05, 3.63) is 59.8 Å². The van der Waals surface area contributed by atoms with Gasteiger partial charge in [-0.15, -0.1) is 0 Å². The molecule has 1 heterocycles. The number of nitrogens with zero attached hydrogens (tertiary/aromatic N) is 2. The lowest BCUT2D eigenvalue weighted by molar-refractivity contribution is -0.142. The molecule has 0 unspecified atom stereocenters. The van der Waals surface area contributed by atoms with Crippen LogP contribution in [0.1, 0.15) is 43.9 Å². The van der Waals surface area contributed by atoms with Gasteiger partial charge in [-0.2, -0.15) is 0 Å². The summed E-state index contributed by atoms with van der Waals surface area (Å²) in [5.41, 5.74) is 0.800. The predicted octanol–water partition coefficient (Wildman–Crippen LogP) is 4.00. The third kappa shape index (κ3) is 7.99. The fourth-order valence-electron chi connectivity index (χ4n) is 3.07. The molecule has 1 aromatic carbocycles. The highest BCUT2D eigenvalue weighted by molar-refractivity contribution is 5.84. The Kier molecular flexibility index (Phi) is 10.1. The lowest BCUT2D eigenvalue weighted by Crippen LogP contribution is -2.43. The van der Waals surface area contributed by atoms with Gasteiger partial charge in [0.05, 0.1) is 26.0 Å². The SMILES string of the molecule is CCCCCC(=O)N(CCOC)CC(=O)N(Cc1ccc(F)cc1)Cc1ccco1. The highest BCUT2D eigenvalue weighted by atomic mass is 19.1. The Morgan fingerprint density at radius 3 is 2.43 bits per heavy atom. The summed E-state index contributed by atoms with van der Waals surface area (Å²) in [5.74, 6) is 0.0681. The molecule has 0 saturated carbocycles. The second kappa shape index (κ2) is 12.8. The van der Waals surface area contributed by atoms with E-state index in [1.54, 1.807) is 47.4 Å². The molecule has 0 radical (unpaired) electrons. The Labute approximate surface area is 177 Å².